The fourth-order valence-electron chi connectivity index (χ4n) is 3.29. The van der Waals surface area contributed by atoms with Crippen molar-refractivity contribution in [2.75, 3.05) is 0 Å². The summed E-state index contributed by atoms with van der Waals surface area (Å²) in [7, 11) is 0. The Labute approximate surface area is 174 Å². The molecule has 30 heavy (non-hydrogen) atoms. The minimum Gasteiger partial charge on any atom is -0.338 e. The van der Waals surface area contributed by atoms with E-state index in [1.165, 1.54) is 11.1 Å². The Morgan fingerprint density at radius 1 is 0.600 bits per heavy atom. The van der Waals surface area contributed by atoms with Gasteiger partial charge in [-0.2, -0.15) is 9.36 Å². The summed E-state index contributed by atoms with van der Waals surface area (Å²) in [4.78, 5) is 0. The van der Waals surface area contributed by atoms with E-state index in [2.05, 4.69) is 47.1 Å². The molecule has 0 N–H and O–H groups in total. The lowest BCUT2D eigenvalue weighted by molar-refractivity contribution is -0.693. The van der Waals surface area contributed by atoms with Gasteiger partial charge in [0.15, 0.2) is 25.3 Å². The predicted octanol–water partition coefficient (Wildman–Crippen LogP) is 2.33. The van der Waals surface area contributed by atoms with Crippen LogP contribution in [-0.4, -0.2) is 19.6 Å². The largest absolute Gasteiger partial charge is 0.338 e. The van der Waals surface area contributed by atoms with Gasteiger partial charge in [0, 0.05) is 11.4 Å². The van der Waals surface area contributed by atoms with E-state index in [0.717, 1.165) is 24.5 Å². The third kappa shape index (κ3) is 4.03. The van der Waals surface area contributed by atoms with Crippen LogP contribution in [0.3, 0.4) is 0 Å². The molecule has 0 aliphatic rings. The first-order valence-corrected chi connectivity index (χ1v) is 9.76. The average Bonchev–Trinajstić information content (AvgIpc) is 3.45. The van der Waals surface area contributed by atoms with Crippen LogP contribution in [0.5, 0.6) is 0 Å². The fraction of sp³-hybridized carbons (Fsp3) is 0.0833. The third-order valence-electron chi connectivity index (χ3n) is 4.77. The highest BCUT2D eigenvalue weighted by molar-refractivity contribution is 5.41. The van der Waals surface area contributed by atoms with Gasteiger partial charge >= 0.3 is 0 Å². The molecular formula is C24H20N6. The molecule has 0 aliphatic carbocycles. The van der Waals surface area contributed by atoms with E-state index in [1.54, 1.807) is 22.0 Å². The van der Waals surface area contributed by atoms with Crippen LogP contribution in [0, 0.1) is 12.7 Å². The van der Waals surface area contributed by atoms with Crippen LogP contribution in [0.1, 0.15) is 11.1 Å². The van der Waals surface area contributed by atoms with Gasteiger partial charge in [0.05, 0.1) is 13.1 Å². The average molecular weight is 392 g/mol. The normalized spacial score (nSPS) is 10.9. The Kier molecular flexibility index (Phi) is 4.88. The molecule has 0 saturated carbocycles. The highest BCUT2D eigenvalue weighted by Gasteiger charge is 2.05. The lowest BCUT2D eigenvalue weighted by atomic mass is 10.2. The summed E-state index contributed by atoms with van der Waals surface area (Å²) in [5.41, 5.74) is 4.25. The Hall–Kier alpha value is -4.06. The minimum absolute atomic E-state index is 0.729. The Balaban J connectivity index is 1.35. The van der Waals surface area contributed by atoms with Gasteiger partial charge in [-0.25, -0.2) is 0 Å². The van der Waals surface area contributed by atoms with E-state index in [-0.39, 0.29) is 0 Å². The fourth-order valence-corrected chi connectivity index (χ4v) is 3.29. The zero-order chi connectivity index (χ0) is 20.2. The highest BCUT2D eigenvalue weighted by Crippen LogP contribution is 2.11. The van der Waals surface area contributed by atoms with Crippen molar-refractivity contribution in [3.05, 3.63) is 121 Å². The smallest absolute Gasteiger partial charge is 0.173 e. The van der Waals surface area contributed by atoms with E-state index >= 15 is 0 Å². The van der Waals surface area contributed by atoms with Crippen LogP contribution in [0.25, 0.3) is 11.4 Å². The summed E-state index contributed by atoms with van der Waals surface area (Å²) in [6.45, 7) is 1.46. The molecule has 0 spiro atoms. The maximum atomic E-state index is 4.46. The lowest BCUT2D eigenvalue weighted by Crippen LogP contribution is -2.32. The van der Waals surface area contributed by atoms with E-state index in [0.29, 0.717) is 0 Å². The molecule has 146 valence electrons. The zero-order valence-electron chi connectivity index (χ0n) is 16.3. The number of hydrogen-bond acceptors (Lipinski definition) is 2. The van der Waals surface area contributed by atoms with Gasteiger partial charge in [-0.05, 0) is 21.3 Å². The first-order valence-electron chi connectivity index (χ1n) is 9.76. The standard InChI is InChI=1S/C24H20N6/c1-3-8-21(9-4-1)15-27-17-25-29(19-27)23-12-7-13-24(14-23)30-20-28(18-26-30)16-22-10-5-2-6-11-22/h1-14,17-18H,15-16H2. The summed E-state index contributed by atoms with van der Waals surface area (Å²) in [5.74, 6) is 0. The molecule has 0 bridgehead atoms. The Bertz CT molecular complexity index is 1150. The minimum atomic E-state index is 0.729. The maximum Gasteiger partial charge on any atom is 0.173 e. The second kappa shape index (κ2) is 8.13. The van der Waals surface area contributed by atoms with Crippen LogP contribution in [0.15, 0.2) is 97.6 Å². The van der Waals surface area contributed by atoms with Crippen LogP contribution >= 0.6 is 0 Å². The van der Waals surface area contributed by atoms with Crippen molar-refractivity contribution >= 4 is 0 Å². The highest BCUT2D eigenvalue weighted by atomic mass is 15.4. The molecule has 0 saturated heterocycles. The van der Waals surface area contributed by atoms with Crippen molar-refractivity contribution < 1.29 is 9.13 Å². The molecule has 0 amide bonds. The Morgan fingerprint density at radius 2 is 1.07 bits per heavy atom. The monoisotopic (exact) mass is 392 g/mol. The summed E-state index contributed by atoms with van der Waals surface area (Å²) in [6, 6.07) is 28.6. The van der Waals surface area contributed by atoms with Gasteiger partial charge in [0.25, 0.3) is 0 Å². The molecule has 2 aromatic heterocycles. The van der Waals surface area contributed by atoms with Crippen LogP contribution in [-0.2, 0) is 13.1 Å². The molecule has 6 heteroatoms. The summed E-state index contributed by atoms with van der Waals surface area (Å²) >= 11 is 0. The topological polar surface area (TPSA) is 43.4 Å². The van der Waals surface area contributed by atoms with Gasteiger partial charge in [-0.3, -0.25) is 0 Å². The lowest BCUT2D eigenvalue weighted by Gasteiger charge is -2.06. The number of nitrogens with zero attached hydrogens (tertiary/aromatic N) is 6. The summed E-state index contributed by atoms with van der Waals surface area (Å²) in [6.07, 6.45) is 10.1. The molecular weight excluding hydrogens is 372 g/mol. The molecule has 0 unspecified atom stereocenters. The molecule has 0 radical (unpaired) electrons. The van der Waals surface area contributed by atoms with Gasteiger partial charge in [-0.15, -0.1) is 0 Å². The molecule has 5 aromatic rings. The van der Waals surface area contributed by atoms with E-state index in [1.807, 2.05) is 69.8 Å². The molecule has 0 aliphatic heterocycles. The Morgan fingerprint density at radius 3 is 1.53 bits per heavy atom. The summed E-state index contributed by atoms with van der Waals surface area (Å²) in [5, 5.41) is 8.91. The third-order valence-corrected chi connectivity index (χ3v) is 4.77. The molecule has 0 fully saturated rings. The number of benzene rings is 3. The van der Waals surface area contributed by atoms with Crippen LogP contribution < -0.4 is 9.13 Å². The number of hydrogen-bond donors (Lipinski definition) is 0. The van der Waals surface area contributed by atoms with Crippen molar-refractivity contribution in [2.24, 2.45) is 0 Å². The summed E-state index contributed by atoms with van der Waals surface area (Å²) < 4.78 is 7.37. The van der Waals surface area contributed by atoms with Crippen LogP contribution in [0.4, 0.5) is 0 Å². The SMILES string of the molecule is [c-]1n(-c2cccc(-n3[c-][n+](Cc4ccccc4)cn3)c2)nc[n+]1Cc1ccccc1. The zero-order valence-corrected chi connectivity index (χ0v) is 16.3. The van der Waals surface area contributed by atoms with E-state index in [9.17, 15) is 0 Å². The first-order chi connectivity index (χ1) is 14.8. The van der Waals surface area contributed by atoms with E-state index < -0.39 is 0 Å². The molecule has 6 nitrogen and oxygen atoms in total. The van der Waals surface area contributed by atoms with Crippen molar-refractivity contribution in [3.8, 4) is 11.4 Å². The van der Waals surface area contributed by atoms with Crippen molar-refractivity contribution in [2.45, 2.75) is 13.1 Å². The predicted molar refractivity (Wildman–Crippen MR) is 110 cm³/mol. The quantitative estimate of drug-likeness (QED) is 0.329. The molecule has 0 atom stereocenters. The van der Waals surface area contributed by atoms with Crippen LogP contribution in [0.2, 0.25) is 0 Å². The molecule has 3 aromatic carbocycles. The van der Waals surface area contributed by atoms with Gasteiger partial charge in [0.2, 0.25) is 0 Å². The van der Waals surface area contributed by atoms with Crippen molar-refractivity contribution in [1.29, 1.82) is 0 Å². The number of rotatable bonds is 6. The molecule has 5 rings (SSSR count). The number of aromatic nitrogens is 6. The van der Waals surface area contributed by atoms with Gasteiger partial charge in [0.1, 0.15) is 0 Å². The van der Waals surface area contributed by atoms with E-state index in [4.69, 9.17) is 0 Å². The maximum absolute atomic E-state index is 4.46. The van der Waals surface area contributed by atoms with Crippen molar-refractivity contribution in [3.63, 3.8) is 0 Å². The van der Waals surface area contributed by atoms with Crippen molar-refractivity contribution in [1.82, 2.24) is 19.6 Å². The first kappa shape index (κ1) is 18.0. The second-order valence-corrected chi connectivity index (χ2v) is 7.03. The second-order valence-electron chi connectivity index (χ2n) is 7.03. The van der Waals surface area contributed by atoms with Gasteiger partial charge < -0.3 is 9.13 Å². The van der Waals surface area contributed by atoms with Gasteiger partial charge in [-0.1, -0.05) is 84.9 Å². The molecule has 2 heterocycles.